The molecule has 1 aliphatic carbocycles. The van der Waals surface area contributed by atoms with Crippen LogP contribution in [0.25, 0.3) is 0 Å². The van der Waals surface area contributed by atoms with Crippen molar-refractivity contribution in [2.24, 2.45) is 5.41 Å². The summed E-state index contributed by atoms with van der Waals surface area (Å²) in [5.41, 5.74) is 0.409. The maximum Gasteiger partial charge on any atom is 0.238 e. The Balaban J connectivity index is 1.49. The fourth-order valence-corrected chi connectivity index (χ4v) is 3.54. The van der Waals surface area contributed by atoms with Gasteiger partial charge in [0.15, 0.2) is 0 Å². The molecule has 1 aliphatic heterocycles. The van der Waals surface area contributed by atoms with Gasteiger partial charge in [-0.15, -0.1) is 0 Å². The third-order valence-corrected chi connectivity index (χ3v) is 5.35. The van der Waals surface area contributed by atoms with E-state index < -0.39 is 5.41 Å². The van der Waals surface area contributed by atoms with Gasteiger partial charge in [-0.25, -0.2) is 0 Å². The van der Waals surface area contributed by atoms with Crippen molar-refractivity contribution in [3.05, 3.63) is 30.3 Å². The van der Waals surface area contributed by atoms with Gasteiger partial charge in [0.25, 0.3) is 0 Å². The summed E-state index contributed by atoms with van der Waals surface area (Å²) in [5.74, 6) is -0.0536. The topological polar surface area (TPSA) is 55.9 Å². The van der Waals surface area contributed by atoms with E-state index >= 15 is 0 Å². The van der Waals surface area contributed by atoms with Crippen LogP contribution in [-0.4, -0.2) is 75.0 Å². The van der Waals surface area contributed by atoms with E-state index in [9.17, 15) is 9.59 Å². The number of benzene rings is 1. The van der Waals surface area contributed by atoms with E-state index in [0.717, 1.165) is 26.1 Å². The zero-order valence-electron chi connectivity index (χ0n) is 15.9. The quantitative estimate of drug-likeness (QED) is 0.588. The molecule has 0 atom stereocenters. The Bertz CT molecular complexity index is 620. The highest BCUT2D eigenvalue weighted by molar-refractivity contribution is 6.07. The zero-order chi connectivity index (χ0) is 18.6. The minimum Gasteiger partial charge on any atom is -0.368 e. The molecule has 2 amide bonds. The van der Waals surface area contributed by atoms with Gasteiger partial charge in [0.05, 0.1) is 0 Å². The minimum absolute atomic E-state index is 0.0234. The monoisotopic (exact) mass is 358 g/mol. The molecule has 1 N–H and O–H groups in total. The van der Waals surface area contributed by atoms with Crippen molar-refractivity contribution < 1.29 is 9.59 Å². The Morgan fingerprint density at radius 2 is 1.73 bits per heavy atom. The molecule has 26 heavy (non-hydrogen) atoms. The van der Waals surface area contributed by atoms with Crippen LogP contribution >= 0.6 is 0 Å². The van der Waals surface area contributed by atoms with E-state index in [0.29, 0.717) is 32.5 Å². The number of hydrogen-bond donors (Lipinski definition) is 1. The molecule has 0 aromatic heterocycles. The summed E-state index contributed by atoms with van der Waals surface area (Å²) < 4.78 is 0. The number of carbonyl (C=O) groups is 2. The van der Waals surface area contributed by atoms with Crippen LogP contribution in [0.1, 0.15) is 19.3 Å². The third kappa shape index (κ3) is 4.18. The molecule has 0 bridgehead atoms. The average molecular weight is 358 g/mol. The second-order valence-electron chi connectivity index (χ2n) is 7.61. The fourth-order valence-electron chi connectivity index (χ4n) is 3.54. The first-order valence-corrected chi connectivity index (χ1v) is 9.55. The first kappa shape index (κ1) is 18.7. The predicted octanol–water partition coefficient (Wildman–Crippen LogP) is 1.18. The first-order chi connectivity index (χ1) is 12.5. The van der Waals surface area contributed by atoms with Crippen molar-refractivity contribution >= 4 is 17.5 Å². The number of para-hydroxylation sites is 1. The second kappa shape index (κ2) is 8.08. The molecule has 1 saturated carbocycles. The zero-order valence-corrected chi connectivity index (χ0v) is 15.9. The van der Waals surface area contributed by atoms with Crippen LogP contribution in [0.4, 0.5) is 5.69 Å². The number of amides is 2. The summed E-state index contributed by atoms with van der Waals surface area (Å²) in [6.45, 7) is 4.57. The molecule has 2 aliphatic rings. The highest BCUT2D eigenvalue weighted by Crippen LogP contribution is 2.47. The normalized spacial score (nSPS) is 18.7. The Kier molecular flexibility index (Phi) is 5.81. The standard InChI is InChI=1S/C20H30N4O2/c1-22(2)12-6-11-21-18(25)20(9-10-20)19(26)24-15-13-23(14-16-24)17-7-4-3-5-8-17/h3-5,7-8H,6,9-16H2,1-2H3,(H,21,25). The Hall–Kier alpha value is -2.08. The third-order valence-electron chi connectivity index (χ3n) is 5.35. The van der Waals surface area contributed by atoms with Gasteiger partial charge in [-0.3, -0.25) is 9.59 Å². The number of anilines is 1. The lowest BCUT2D eigenvalue weighted by Crippen LogP contribution is -2.53. The van der Waals surface area contributed by atoms with Crippen molar-refractivity contribution in [3.63, 3.8) is 0 Å². The molecule has 142 valence electrons. The number of rotatable bonds is 7. The Morgan fingerprint density at radius 1 is 1.08 bits per heavy atom. The summed E-state index contributed by atoms with van der Waals surface area (Å²) in [5, 5.41) is 2.97. The molecule has 1 saturated heterocycles. The van der Waals surface area contributed by atoms with Gasteiger partial charge in [0.1, 0.15) is 5.41 Å². The van der Waals surface area contributed by atoms with Crippen LogP contribution in [0, 0.1) is 5.41 Å². The van der Waals surface area contributed by atoms with E-state index in [1.54, 1.807) is 0 Å². The maximum absolute atomic E-state index is 12.9. The van der Waals surface area contributed by atoms with Crippen LogP contribution in [0.15, 0.2) is 30.3 Å². The molecule has 1 heterocycles. The number of carbonyl (C=O) groups excluding carboxylic acids is 2. The lowest BCUT2D eigenvalue weighted by molar-refractivity contribution is -0.144. The van der Waals surface area contributed by atoms with Gasteiger partial charge in [0.2, 0.25) is 11.8 Å². The van der Waals surface area contributed by atoms with Gasteiger partial charge in [-0.2, -0.15) is 0 Å². The molecule has 0 unspecified atom stereocenters. The van der Waals surface area contributed by atoms with Crippen LogP contribution < -0.4 is 10.2 Å². The van der Waals surface area contributed by atoms with Gasteiger partial charge >= 0.3 is 0 Å². The van der Waals surface area contributed by atoms with Crippen molar-refractivity contribution in [1.82, 2.24) is 15.1 Å². The number of piperazine rings is 1. The van der Waals surface area contributed by atoms with E-state index in [1.807, 2.05) is 37.2 Å². The summed E-state index contributed by atoms with van der Waals surface area (Å²) in [6.07, 6.45) is 2.27. The van der Waals surface area contributed by atoms with E-state index in [-0.39, 0.29) is 11.8 Å². The number of nitrogens with zero attached hydrogens (tertiary/aromatic N) is 3. The van der Waals surface area contributed by atoms with Crippen molar-refractivity contribution in [2.45, 2.75) is 19.3 Å². The molecule has 0 radical (unpaired) electrons. The Labute approximate surface area is 156 Å². The predicted molar refractivity (Wildman–Crippen MR) is 103 cm³/mol. The van der Waals surface area contributed by atoms with E-state index in [1.165, 1.54) is 5.69 Å². The summed E-state index contributed by atoms with van der Waals surface area (Å²) in [7, 11) is 4.03. The molecular formula is C20H30N4O2. The molecule has 2 fully saturated rings. The minimum atomic E-state index is -0.785. The molecule has 3 rings (SSSR count). The van der Waals surface area contributed by atoms with Crippen LogP contribution in [0.2, 0.25) is 0 Å². The summed E-state index contributed by atoms with van der Waals surface area (Å²) in [6, 6.07) is 10.3. The molecule has 1 aromatic carbocycles. The second-order valence-corrected chi connectivity index (χ2v) is 7.61. The van der Waals surface area contributed by atoms with Gasteiger partial charge < -0.3 is 20.0 Å². The maximum atomic E-state index is 12.9. The number of nitrogens with one attached hydrogen (secondary N) is 1. The SMILES string of the molecule is CN(C)CCCNC(=O)C1(C(=O)N2CCN(c3ccccc3)CC2)CC1. The summed E-state index contributed by atoms with van der Waals surface area (Å²) in [4.78, 5) is 31.8. The molecule has 6 nitrogen and oxygen atoms in total. The first-order valence-electron chi connectivity index (χ1n) is 9.55. The highest BCUT2D eigenvalue weighted by atomic mass is 16.2. The van der Waals surface area contributed by atoms with Crippen molar-refractivity contribution in [3.8, 4) is 0 Å². The molecule has 0 spiro atoms. The van der Waals surface area contributed by atoms with Crippen LogP contribution in [0.3, 0.4) is 0 Å². The van der Waals surface area contributed by atoms with Crippen molar-refractivity contribution in [1.29, 1.82) is 0 Å². The van der Waals surface area contributed by atoms with Gasteiger partial charge in [-0.05, 0) is 52.0 Å². The smallest absolute Gasteiger partial charge is 0.238 e. The van der Waals surface area contributed by atoms with E-state index in [2.05, 4.69) is 27.2 Å². The largest absolute Gasteiger partial charge is 0.368 e. The molecular weight excluding hydrogens is 328 g/mol. The van der Waals surface area contributed by atoms with Crippen molar-refractivity contribution in [2.75, 3.05) is 58.3 Å². The molecule has 6 heteroatoms. The Morgan fingerprint density at radius 3 is 2.31 bits per heavy atom. The fraction of sp³-hybridized carbons (Fsp3) is 0.600. The lowest BCUT2D eigenvalue weighted by atomic mass is 10.0. The van der Waals surface area contributed by atoms with Gasteiger partial charge in [0, 0.05) is 38.4 Å². The van der Waals surface area contributed by atoms with Crippen LogP contribution in [-0.2, 0) is 9.59 Å². The average Bonchev–Trinajstić information content (AvgIpc) is 3.47. The summed E-state index contributed by atoms with van der Waals surface area (Å²) >= 11 is 0. The van der Waals surface area contributed by atoms with Gasteiger partial charge in [-0.1, -0.05) is 18.2 Å². The molecule has 1 aromatic rings. The highest BCUT2D eigenvalue weighted by Gasteiger charge is 2.58. The van der Waals surface area contributed by atoms with Crippen LogP contribution in [0.5, 0.6) is 0 Å². The lowest BCUT2D eigenvalue weighted by Gasteiger charge is -2.37. The van der Waals surface area contributed by atoms with E-state index in [4.69, 9.17) is 0 Å². The number of hydrogen-bond acceptors (Lipinski definition) is 4.